The summed E-state index contributed by atoms with van der Waals surface area (Å²) in [4.78, 5) is 1.13. The van der Waals surface area contributed by atoms with Crippen molar-refractivity contribution in [2.24, 2.45) is 0 Å². The molecule has 0 aliphatic rings. The lowest BCUT2D eigenvalue weighted by molar-refractivity contribution is 0.501. The molecule has 6 heteroatoms. The van der Waals surface area contributed by atoms with E-state index in [4.69, 9.17) is 0 Å². The van der Waals surface area contributed by atoms with Crippen molar-refractivity contribution in [1.29, 1.82) is 0 Å². The van der Waals surface area contributed by atoms with Crippen LogP contribution in [0, 0.1) is 6.92 Å². The molecule has 2 aromatic rings. The third-order valence-corrected chi connectivity index (χ3v) is 6.60. The van der Waals surface area contributed by atoms with Gasteiger partial charge in [-0.15, -0.1) is 11.3 Å². The summed E-state index contributed by atoms with van der Waals surface area (Å²) in [6.07, 6.45) is 0. The highest BCUT2D eigenvalue weighted by Gasteiger charge is 2.25. The molecule has 2 rings (SSSR count). The lowest BCUT2D eigenvalue weighted by Crippen LogP contribution is -2.36. The predicted molar refractivity (Wildman–Crippen MR) is 91.4 cm³/mol. The maximum Gasteiger partial charge on any atom is 0.241 e. The molecule has 0 atom stereocenters. The van der Waals surface area contributed by atoms with Crippen LogP contribution in [0.4, 0.5) is 0 Å². The highest BCUT2D eigenvalue weighted by atomic mass is 79.9. The summed E-state index contributed by atoms with van der Waals surface area (Å²) in [5.74, 6) is 0. The smallest absolute Gasteiger partial charge is 0.210 e. The summed E-state index contributed by atoms with van der Waals surface area (Å²) >= 11 is 4.75. The van der Waals surface area contributed by atoms with Gasteiger partial charge in [0.05, 0.1) is 8.68 Å². The number of hydrogen-bond donors (Lipinski definition) is 1. The fourth-order valence-electron chi connectivity index (χ4n) is 2.04. The first kappa shape index (κ1) is 16.7. The second-order valence-corrected chi connectivity index (χ2v) is 9.92. The molecule has 0 aliphatic carbocycles. The van der Waals surface area contributed by atoms with Gasteiger partial charge in [0.2, 0.25) is 10.0 Å². The van der Waals surface area contributed by atoms with E-state index in [2.05, 4.69) is 20.7 Å². The van der Waals surface area contributed by atoms with E-state index in [1.54, 1.807) is 6.07 Å². The fraction of sp³-hybridized carbons (Fsp3) is 0.333. The molecule has 0 saturated heterocycles. The standard InChI is InChI=1S/C15H18BrNO2S2/c1-11-13(9-14(16)20-11)21(18,19)17-10-15(2,3)12-7-5-4-6-8-12/h4-9,17H,10H2,1-3H3. The number of rotatable bonds is 5. The van der Waals surface area contributed by atoms with Crippen molar-refractivity contribution < 1.29 is 8.42 Å². The van der Waals surface area contributed by atoms with Crippen molar-refractivity contribution in [3.05, 3.63) is 50.6 Å². The number of benzene rings is 1. The summed E-state index contributed by atoms with van der Waals surface area (Å²) in [5, 5.41) is 0. The quantitative estimate of drug-likeness (QED) is 0.839. The SMILES string of the molecule is Cc1sc(Br)cc1S(=O)(=O)NCC(C)(C)c1ccccc1. The number of aryl methyl sites for hydroxylation is 1. The summed E-state index contributed by atoms with van der Waals surface area (Å²) < 4.78 is 28.4. The van der Waals surface area contributed by atoms with Gasteiger partial charge in [0.15, 0.2) is 0 Å². The Balaban J connectivity index is 2.17. The van der Waals surface area contributed by atoms with Crippen LogP contribution in [-0.2, 0) is 15.4 Å². The van der Waals surface area contributed by atoms with E-state index in [9.17, 15) is 8.42 Å². The van der Waals surface area contributed by atoms with Crippen LogP contribution in [0.3, 0.4) is 0 Å². The summed E-state index contributed by atoms with van der Waals surface area (Å²) in [5.41, 5.74) is 0.839. The zero-order valence-corrected chi connectivity index (χ0v) is 15.4. The van der Waals surface area contributed by atoms with Crippen LogP contribution in [-0.4, -0.2) is 15.0 Å². The second-order valence-electron chi connectivity index (χ2n) is 5.55. The molecule has 1 aromatic heterocycles. The molecule has 0 amide bonds. The molecule has 0 saturated carbocycles. The third-order valence-electron chi connectivity index (χ3n) is 3.39. The average Bonchev–Trinajstić information content (AvgIpc) is 2.78. The van der Waals surface area contributed by atoms with Crippen molar-refractivity contribution in [3.63, 3.8) is 0 Å². The van der Waals surface area contributed by atoms with Gasteiger partial charge in [-0.05, 0) is 34.5 Å². The molecule has 114 valence electrons. The van der Waals surface area contributed by atoms with Crippen molar-refractivity contribution >= 4 is 37.3 Å². The molecule has 3 nitrogen and oxygen atoms in total. The normalized spacial score (nSPS) is 12.6. The van der Waals surface area contributed by atoms with Gasteiger partial charge in [-0.3, -0.25) is 0 Å². The van der Waals surface area contributed by atoms with Gasteiger partial charge in [0.25, 0.3) is 0 Å². The molecule has 1 heterocycles. The zero-order valence-electron chi connectivity index (χ0n) is 12.2. The molecule has 0 fully saturated rings. The highest BCUT2D eigenvalue weighted by molar-refractivity contribution is 9.11. The number of hydrogen-bond acceptors (Lipinski definition) is 3. The van der Waals surface area contributed by atoms with Gasteiger partial charge in [-0.1, -0.05) is 44.2 Å². The lowest BCUT2D eigenvalue weighted by atomic mass is 9.85. The summed E-state index contributed by atoms with van der Waals surface area (Å²) in [7, 11) is -3.48. The minimum absolute atomic E-state index is 0.268. The molecule has 0 unspecified atom stereocenters. The molecule has 0 radical (unpaired) electrons. The van der Waals surface area contributed by atoms with E-state index in [1.165, 1.54) is 11.3 Å². The van der Waals surface area contributed by atoms with Crippen LogP contribution < -0.4 is 4.72 Å². The maximum atomic E-state index is 12.4. The van der Waals surface area contributed by atoms with E-state index in [-0.39, 0.29) is 5.41 Å². The van der Waals surface area contributed by atoms with E-state index < -0.39 is 10.0 Å². The lowest BCUT2D eigenvalue weighted by Gasteiger charge is -2.25. The average molecular weight is 388 g/mol. The minimum atomic E-state index is -3.48. The molecule has 21 heavy (non-hydrogen) atoms. The Bertz CT molecular complexity index is 721. The van der Waals surface area contributed by atoms with Crippen LogP contribution in [0.15, 0.2) is 45.1 Å². The van der Waals surface area contributed by atoms with Crippen LogP contribution in [0.2, 0.25) is 0 Å². The Labute approximate surface area is 138 Å². The third kappa shape index (κ3) is 3.94. The van der Waals surface area contributed by atoms with Gasteiger partial charge in [0, 0.05) is 16.8 Å². The zero-order chi connectivity index (χ0) is 15.7. The van der Waals surface area contributed by atoms with Gasteiger partial charge >= 0.3 is 0 Å². The van der Waals surface area contributed by atoms with E-state index in [0.29, 0.717) is 11.4 Å². The van der Waals surface area contributed by atoms with Crippen molar-refractivity contribution in [2.45, 2.75) is 31.1 Å². The van der Waals surface area contributed by atoms with Crippen molar-refractivity contribution in [2.75, 3.05) is 6.54 Å². The minimum Gasteiger partial charge on any atom is -0.210 e. The fourth-order valence-corrected chi connectivity index (χ4v) is 5.67. The topological polar surface area (TPSA) is 46.2 Å². The van der Waals surface area contributed by atoms with E-state index >= 15 is 0 Å². The van der Waals surface area contributed by atoms with Crippen molar-refractivity contribution in [1.82, 2.24) is 4.72 Å². The molecule has 0 bridgehead atoms. The Morgan fingerprint density at radius 1 is 1.24 bits per heavy atom. The Morgan fingerprint density at radius 2 is 1.86 bits per heavy atom. The Kier molecular flexibility index (Phi) is 4.92. The highest BCUT2D eigenvalue weighted by Crippen LogP contribution is 2.30. The second kappa shape index (κ2) is 6.20. The molecular formula is C15H18BrNO2S2. The molecule has 0 aliphatic heterocycles. The van der Waals surface area contributed by atoms with E-state index in [1.807, 2.05) is 51.1 Å². The Morgan fingerprint density at radius 3 is 2.38 bits per heavy atom. The number of thiophene rings is 1. The van der Waals surface area contributed by atoms with Crippen LogP contribution >= 0.6 is 27.3 Å². The first-order valence-electron chi connectivity index (χ1n) is 6.53. The molecule has 1 N–H and O–H groups in total. The first-order chi connectivity index (χ1) is 9.72. The molecular weight excluding hydrogens is 370 g/mol. The van der Waals surface area contributed by atoms with Gasteiger partial charge in [-0.2, -0.15) is 0 Å². The first-order valence-corrected chi connectivity index (χ1v) is 9.63. The Hall–Kier alpha value is -0.690. The summed E-state index contributed by atoms with van der Waals surface area (Å²) in [6.45, 7) is 6.22. The van der Waals surface area contributed by atoms with Gasteiger partial charge in [-0.25, -0.2) is 13.1 Å². The monoisotopic (exact) mass is 387 g/mol. The van der Waals surface area contributed by atoms with Crippen molar-refractivity contribution in [3.8, 4) is 0 Å². The number of halogens is 1. The molecule has 1 aromatic carbocycles. The summed E-state index contributed by atoms with van der Waals surface area (Å²) in [6, 6.07) is 11.6. The van der Waals surface area contributed by atoms with Crippen LogP contribution in [0.25, 0.3) is 0 Å². The number of sulfonamides is 1. The number of nitrogens with one attached hydrogen (secondary N) is 1. The van der Waals surface area contributed by atoms with Gasteiger partial charge < -0.3 is 0 Å². The maximum absolute atomic E-state index is 12.4. The van der Waals surface area contributed by atoms with E-state index in [0.717, 1.165) is 14.2 Å². The molecule has 0 spiro atoms. The van der Waals surface area contributed by atoms with Crippen LogP contribution in [0.1, 0.15) is 24.3 Å². The predicted octanol–water partition coefficient (Wildman–Crippen LogP) is 4.08. The van der Waals surface area contributed by atoms with Gasteiger partial charge in [0.1, 0.15) is 0 Å². The van der Waals surface area contributed by atoms with Crippen LogP contribution in [0.5, 0.6) is 0 Å². The largest absolute Gasteiger partial charge is 0.241 e.